The van der Waals surface area contributed by atoms with Crippen LogP contribution in [0.15, 0.2) is 76.9 Å². The van der Waals surface area contributed by atoms with Gasteiger partial charge in [0.1, 0.15) is 17.3 Å². The van der Waals surface area contributed by atoms with Crippen LogP contribution in [0.4, 0.5) is 4.39 Å². The number of nitrogens with zero attached hydrogens (tertiary/aromatic N) is 1. The Morgan fingerprint density at radius 3 is 2.32 bits per heavy atom. The number of amides is 1. The summed E-state index contributed by atoms with van der Waals surface area (Å²) in [7, 11) is 0. The lowest BCUT2D eigenvalue weighted by Gasteiger charge is -2.25. The molecule has 1 aromatic heterocycles. The molecule has 0 aliphatic carbocycles. The Bertz CT molecular complexity index is 1130. The summed E-state index contributed by atoms with van der Waals surface area (Å²) in [6.45, 7) is 4.23. The van der Waals surface area contributed by atoms with Crippen LogP contribution in [-0.2, 0) is 16.1 Å². The summed E-state index contributed by atoms with van der Waals surface area (Å²) in [6.07, 6.45) is 1.50. The summed E-state index contributed by atoms with van der Waals surface area (Å²) in [5.41, 5.74) is 2.05. The van der Waals surface area contributed by atoms with Crippen LogP contribution in [0.5, 0.6) is 0 Å². The highest BCUT2D eigenvalue weighted by Gasteiger charge is 2.46. The van der Waals surface area contributed by atoms with Crippen LogP contribution >= 0.6 is 0 Å². The molecule has 0 bridgehead atoms. The van der Waals surface area contributed by atoms with Crippen LogP contribution in [0.25, 0.3) is 5.76 Å². The van der Waals surface area contributed by atoms with Gasteiger partial charge in [-0.25, -0.2) is 4.39 Å². The third-order valence-electron chi connectivity index (χ3n) is 5.48. The van der Waals surface area contributed by atoms with Gasteiger partial charge in [-0.1, -0.05) is 38.1 Å². The van der Waals surface area contributed by atoms with E-state index < -0.39 is 23.5 Å². The van der Waals surface area contributed by atoms with Gasteiger partial charge in [0.05, 0.1) is 24.4 Å². The predicted molar refractivity (Wildman–Crippen MR) is 113 cm³/mol. The van der Waals surface area contributed by atoms with Gasteiger partial charge in [0.15, 0.2) is 0 Å². The van der Waals surface area contributed by atoms with Crippen molar-refractivity contribution in [3.8, 4) is 0 Å². The number of halogens is 1. The number of ketones is 1. The van der Waals surface area contributed by atoms with E-state index in [2.05, 4.69) is 13.8 Å². The van der Waals surface area contributed by atoms with Crippen LogP contribution in [0.1, 0.15) is 48.3 Å². The van der Waals surface area contributed by atoms with Gasteiger partial charge in [-0.3, -0.25) is 9.59 Å². The molecule has 1 unspecified atom stereocenters. The van der Waals surface area contributed by atoms with Crippen molar-refractivity contribution < 1.29 is 23.5 Å². The van der Waals surface area contributed by atoms with E-state index in [9.17, 15) is 19.1 Å². The second kappa shape index (κ2) is 8.22. The summed E-state index contributed by atoms with van der Waals surface area (Å²) < 4.78 is 18.7. The van der Waals surface area contributed by atoms with E-state index in [-0.39, 0.29) is 23.4 Å². The maximum atomic E-state index is 13.3. The fourth-order valence-electron chi connectivity index (χ4n) is 3.79. The lowest BCUT2D eigenvalue weighted by Crippen LogP contribution is -2.29. The molecule has 1 amide bonds. The average Bonchev–Trinajstić information content (AvgIpc) is 3.36. The molecule has 31 heavy (non-hydrogen) atoms. The molecular weight excluding hydrogens is 397 g/mol. The van der Waals surface area contributed by atoms with Gasteiger partial charge in [-0.15, -0.1) is 0 Å². The van der Waals surface area contributed by atoms with E-state index in [1.165, 1.54) is 35.4 Å². The van der Waals surface area contributed by atoms with Gasteiger partial charge in [-0.05, 0) is 53.4 Å². The van der Waals surface area contributed by atoms with Gasteiger partial charge < -0.3 is 14.4 Å². The Labute approximate surface area is 179 Å². The molecule has 1 atom stereocenters. The molecule has 3 aromatic rings. The molecule has 158 valence electrons. The first-order valence-electron chi connectivity index (χ1n) is 10.0. The number of aliphatic hydroxyl groups excluding tert-OH is 1. The Morgan fingerprint density at radius 1 is 1.06 bits per heavy atom. The molecule has 5 nitrogen and oxygen atoms in total. The summed E-state index contributed by atoms with van der Waals surface area (Å²) in [5.74, 6) is -1.46. The number of carbonyl (C=O) groups is 2. The van der Waals surface area contributed by atoms with Crippen molar-refractivity contribution in [1.29, 1.82) is 0 Å². The quantitative estimate of drug-likeness (QED) is 0.352. The largest absolute Gasteiger partial charge is 0.507 e. The molecule has 1 N–H and O–H groups in total. The minimum atomic E-state index is -0.795. The third-order valence-corrected chi connectivity index (χ3v) is 5.48. The maximum Gasteiger partial charge on any atom is 0.296 e. The van der Waals surface area contributed by atoms with Gasteiger partial charge in [0.25, 0.3) is 11.7 Å². The molecule has 2 aromatic carbocycles. The Morgan fingerprint density at radius 2 is 1.74 bits per heavy atom. The van der Waals surface area contributed by atoms with Crippen LogP contribution in [-0.4, -0.2) is 21.7 Å². The molecule has 4 rings (SSSR count). The zero-order chi connectivity index (χ0) is 22.1. The molecule has 1 aliphatic heterocycles. The van der Waals surface area contributed by atoms with E-state index in [0.717, 1.165) is 5.56 Å². The Hall–Kier alpha value is -3.67. The molecule has 1 fully saturated rings. The number of hydrogen-bond acceptors (Lipinski definition) is 4. The number of furan rings is 1. The minimum absolute atomic E-state index is 0.0274. The number of rotatable bonds is 5. The van der Waals surface area contributed by atoms with Gasteiger partial charge in [0, 0.05) is 5.56 Å². The Balaban J connectivity index is 1.84. The number of Topliss-reactive ketones (excluding diaryl/α,β-unsaturated/α-hetero) is 1. The lowest BCUT2D eigenvalue weighted by atomic mass is 9.93. The van der Waals surface area contributed by atoms with E-state index in [4.69, 9.17) is 4.42 Å². The number of carbonyl (C=O) groups excluding carboxylic acids is 2. The highest BCUT2D eigenvalue weighted by Crippen LogP contribution is 2.40. The molecule has 0 spiro atoms. The first-order valence-corrected chi connectivity index (χ1v) is 10.0. The van der Waals surface area contributed by atoms with Crippen LogP contribution in [0.3, 0.4) is 0 Å². The molecule has 6 heteroatoms. The maximum absolute atomic E-state index is 13.3. The monoisotopic (exact) mass is 419 g/mol. The van der Waals surface area contributed by atoms with Crippen molar-refractivity contribution in [2.75, 3.05) is 0 Å². The van der Waals surface area contributed by atoms with Crippen molar-refractivity contribution in [3.63, 3.8) is 0 Å². The fourth-order valence-corrected chi connectivity index (χ4v) is 3.79. The van der Waals surface area contributed by atoms with Crippen molar-refractivity contribution in [1.82, 2.24) is 4.90 Å². The molecule has 1 aliphatic rings. The molecular formula is C25H22FNO4. The topological polar surface area (TPSA) is 70.8 Å². The van der Waals surface area contributed by atoms with Crippen molar-refractivity contribution in [3.05, 3.63) is 101 Å². The summed E-state index contributed by atoms with van der Waals surface area (Å²) >= 11 is 0. The SMILES string of the molecule is CC(C)c1ccc(C2/C(=C(\O)c3ccc(F)cc3)C(=O)C(=O)N2Cc2ccco2)cc1. The number of hydrogen-bond donors (Lipinski definition) is 1. The fraction of sp³-hybridized carbons (Fsp3) is 0.200. The lowest BCUT2D eigenvalue weighted by molar-refractivity contribution is -0.140. The van der Waals surface area contributed by atoms with Gasteiger partial charge in [0.2, 0.25) is 0 Å². The molecule has 2 heterocycles. The summed E-state index contributed by atoms with van der Waals surface area (Å²) in [6, 6.07) is 15.4. The highest BCUT2D eigenvalue weighted by atomic mass is 19.1. The van der Waals surface area contributed by atoms with E-state index in [0.29, 0.717) is 17.2 Å². The van der Waals surface area contributed by atoms with Crippen LogP contribution < -0.4 is 0 Å². The first-order chi connectivity index (χ1) is 14.9. The smallest absolute Gasteiger partial charge is 0.296 e. The third kappa shape index (κ3) is 3.89. The van der Waals surface area contributed by atoms with E-state index in [1.54, 1.807) is 12.1 Å². The second-order valence-corrected chi connectivity index (χ2v) is 7.83. The van der Waals surface area contributed by atoms with Crippen LogP contribution in [0.2, 0.25) is 0 Å². The predicted octanol–water partition coefficient (Wildman–Crippen LogP) is 5.16. The number of benzene rings is 2. The van der Waals surface area contributed by atoms with E-state index >= 15 is 0 Å². The molecule has 0 saturated carbocycles. The molecule has 0 radical (unpaired) electrons. The van der Waals surface area contributed by atoms with Gasteiger partial charge in [-0.2, -0.15) is 0 Å². The zero-order valence-corrected chi connectivity index (χ0v) is 17.2. The van der Waals surface area contributed by atoms with Crippen LogP contribution in [0, 0.1) is 5.82 Å². The van der Waals surface area contributed by atoms with Crippen molar-refractivity contribution in [2.24, 2.45) is 0 Å². The average molecular weight is 419 g/mol. The first kappa shape index (κ1) is 20.6. The van der Waals surface area contributed by atoms with Gasteiger partial charge >= 0.3 is 0 Å². The Kier molecular flexibility index (Phi) is 5.46. The summed E-state index contributed by atoms with van der Waals surface area (Å²) in [5, 5.41) is 11.0. The second-order valence-electron chi connectivity index (χ2n) is 7.83. The highest BCUT2D eigenvalue weighted by molar-refractivity contribution is 6.46. The standard InChI is InChI=1S/C25H22FNO4/c1-15(2)16-5-7-17(8-6-16)22-21(23(28)18-9-11-19(26)12-10-18)24(29)25(30)27(22)14-20-4-3-13-31-20/h3-13,15,22,28H,14H2,1-2H3/b23-21+. The van der Waals surface area contributed by atoms with Crippen molar-refractivity contribution in [2.45, 2.75) is 32.4 Å². The zero-order valence-electron chi connectivity index (χ0n) is 17.2. The number of aliphatic hydroxyl groups is 1. The minimum Gasteiger partial charge on any atom is -0.507 e. The summed E-state index contributed by atoms with van der Waals surface area (Å²) in [4.78, 5) is 27.3. The normalized spacial score (nSPS) is 18.2. The van der Waals surface area contributed by atoms with Crippen molar-refractivity contribution >= 4 is 17.4 Å². The van der Waals surface area contributed by atoms with E-state index in [1.807, 2.05) is 24.3 Å². The number of likely N-dealkylation sites (tertiary alicyclic amines) is 1. The molecule has 1 saturated heterocycles.